The van der Waals surface area contributed by atoms with Crippen molar-refractivity contribution in [1.82, 2.24) is 29.7 Å². The fourth-order valence-corrected chi connectivity index (χ4v) is 3.61. The minimum absolute atomic E-state index is 0.0482. The van der Waals surface area contributed by atoms with E-state index in [0.29, 0.717) is 15.3 Å². The number of nitrogens with zero attached hydrogens (tertiary/aromatic N) is 7. The van der Waals surface area contributed by atoms with Crippen molar-refractivity contribution >= 4 is 23.7 Å². The molecule has 1 aliphatic rings. The maximum absolute atomic E-state index is 13.5. The Morgan fingerprint density at radius 2 is 1.76 bits per heavy atom. The Morgan fingerprint density at radius 3 is 2.38 bits per heavy atom. The normalized spacial score (nSPS) is 14.4. The topological polar surface area (TPSA) is 79.5 Å². The number of alkyl halides is 6. The highest BCUT2D eigenvalue weighted by Crippen LogP contribution is 2.33. The van der Waals surface area contributed by atoms with Crippen molar-refractivity contribution in [2.75, 3.05) is 6.54 Å². The van der Waals surface area contributed by atoms with Gasteiger partial charge >= 0.3 is 12.4 Å². The molecule has 2 aromatic heterocycles. The van der Waals surface area contributed by atoms with Gasteiger partial charge in [0.1, 0.15) is 17.9 Å². The average Bonchev–Trinajstić information content (AvgIpc) is 3.38. The zero-order chi connectivity index (χ0) is 27.0. The molecule has 0 atom stereocenters. The molecule has 0 spiro atoms. The number of aromatic nitrogens is 4. The van der Waals surface area contributed by atoms with Gasteiger partial charge in [0.2, 0.25) is 0 Å². The van der Waals surface area contributed by atoms with Crippen molar-refractivity contribution in [2.24, 2.45) is 5.10 Å². The third-order valence-corrected chi connectivity index (χ3v) is 5.42. The first kappa shape index (κ1) is 26.1. The second-order valence-electron chi connectivity index (χ2n) is 7.71. The molecule has 0 saturated carbocycles. The molecule has 1 aliphatic heterocycles. The molecule has 0 aliphatic carbocycles. The average molecular weight is 544 g/mol. The van der Waals surface area contributed by atoms with Gasteiger partial charge in [-0.1, -0.05) is 18.2 Å². The molecular formula is C22H16ClF6N7O. The van der Waals surface area contributed by atoms with Crippen LogP contribution in [-0.4, -0.2) is 54.5 Å². The molecule has 0 fully saturated rings. The minimum atomic E-state index is -4.78. The Morgan fingerprint density at radius 1 is 1.05 bits per heavy atom. The van der Waals surface area contributed by atoms with Crippen LogP contribution in [0.15, 0.2) is 60.1 Å². The fourth-order valence-electron chi connectivity index (χ4n) is 3.49. The van der Waals surface area contributed by atoms with Gasteiger partial charge in [0.05, 0.1) is 6.42 Å². The molecule has 15 heteroatoms. The van der Waals surface area contributed by atoms with Gasteiger partial charge < -0.3 is 4.90 Å². The van der Waals surface area contributed by atoms with E-state index >= 15 is 0 Å². The van der Waals surface area contributed by atoms with Gasteiger partial charge in [-0.25, -0.2) is 15.0 Å². The lowest BCUT2D eigenvalue weighted by Crippen LogP contribution is -2.32. The summed E-state index contributed by atoms with van der Waals surface area (Å²) < 4.78 is 79.9. The van der Waals surface area contributed by atoms with Crippen molar-refractivity contribution in [3.63, 3.8) is 0 Å². The molecule has 194 valence electrons. The summed E-state index contributed by atoms with van der Waals surface area (Å²) in [7, 11) is 0. The van der Waals surface area contributed by atoms with E-state index in [1.54, 1.807) is 12.1 Å². The SMILES string of the molecule is C=C1N(Cc2nc(C=O)n(-c3ncccc3C(F)(F)F)n2)N=C(c2ccc(Cl)cc2)N1CCC(F)(F)F. The first-order valence-electron chi connectivity index (χ1n) is 10.5. The van der Waals surface area contributed by atoms with Crippen LogP contribution in [0.3, 0.4) is 0 Å². The number of amidine groups is 1. The van der Waals surface area contributed by atoms with Crippen LogP contribution in [0.2, 0.25) is 5.02 Å². The molecule has 4 rings (SSSR count). The maximum atomic E-state index is 13.5. The number of aldehydes is 1. The summed E-state index contributed by atoms with van der Waals surface area (Å²) in [5.41, 5.74) is -0.688. The Balaban J connectivity index is 1.68. The number of carbonyl (C=O) groups excluding carboxylic acids is 1. The zero-order valence-corrected chi connectivity index (χ0v) is 19.4. The summed E-state index contributed by atoms with van der Waals surface area (Å²) in [6.45, 7) is 3.01. The number of carbonyl (C=O) groups is 1. The van der Waals surface area contributed by atoms with Crippen molar-refractivity contribution < 1.29 is 31.1 Å². The van der Waals surface area contributed by atoms with Crippen LogP contribution in [0.4, 0.5) is 26.3 Å². The molecule has 0 radical (unpaired) electrons. The largest absolute Gasteiger partial charge is 0.420 e. The second kappa shape index (κ2) is 9.84. The summed E-state index contributed by atoms with van der Waals surface area (Å²) >= 11 is 5.91. The van der Waals surface area contributed by atoms with E-state index in [2.05, 4.69) is 26.7 Å². The van der Waals surface area contributed by atoms with Crippen LogP contribution < -0.4 is 0 Å². The second-order valence-corrected chi connectivity index (χ2v) is 8.15. The molecule has 0 saturated heterocycles. The molecule has 3 aromatic rings. The van der Waals surface area contributed by atoms with Crippen molar-refractivity contribution in [2.45, 2.75) is 25.3 Å². The van der Waals surface area contributed by atoms with Gasteiger partial charge in [0.25, 0.3) is 0 Å². The van der Waals surface area contributed by atoms with Gasteiger partial charge in [0, 0.05) is 23.3 Å². The highest BCUT2D eigenvalue weighted by Gasteiger charge is 2.37. The third-order valence-electron chi connectivity index (χ3n) is 5.17. The third kappa shape index (κ3) is 5.74. The summed E-state index contributed by atoms with van der Waals surface area (Å²) in [4.78, 5) is 20.5. The highest BCUT2D eigenvalue weighted by molar-refractivity contribution is 6.30. The molecule has 0 unspecified atom stereocenters. The van der Waals surface area contributed by atoms with E-state index in [-0.39, 0.29) is 30.3 Å². The Labute approximate surface area is 210 Å². The first-order valence-corrected chi connectivity index (χ1v) is 10.8. The van der Waals surface area contributed by atoms with Crippen LogP contribution in [0, 0.1) is 0 Å². The standard InChI is InChI=1S/C22H16ClF6N7O/c1-13-34(10-8-21(24,25)26)19(14-4-6-15(23)7-5-14)33-35(13)11-17-31-18(12-37)36(32-17)20-16(22(27,28)29)3-2-9-30-20/h2-7,9,12H,1,8,10-11H2. The molecule has 1 aromatic carbocycles. The van der Waals surface area contributed by atoms with Crippen LogP contribution in [0.5, 0.6) is 0 Å². The smallest absolute Gasteiger partial charge is 0.309 e. The van der Waals surface area contributed by atoms with E-state index < -0.39 is 42.5 Å². The zero-order valence-electron chi connectivity index (χ0n) is 18.6. The Kier molecular flexibility index (Phi) is 6.95. The van der Waals surface area contributed by atoms with Crippen LogP contribution in [0.25, 0.3) is 5.82 Å². The highest BCUT2D eigenvalue weighted by atomic mass is 35.5. The number of hydrogen-bond donors (Lipinski definition) is 0. The van der Waals surface area contributed by atoms with Crippen molar-refractivity contribution in [3.8, 4) is 5.82 Å². The van der Waals surface area contributed by atoms with Crippen LogP contribution in [0.1, 0.15) is 34.0 Å². The quantitative estimate of drug-likeness (QED) is 0.306. The summed E-state index contributed by atoms with van der Waals surface area (Å²) in [5, 5.41) is 9.92. The molecule has 8 nitrogen and oxygen atoms in total. The predicted octanol–water partition coefficient (Wildman–Crippen LogP) is 5.05. The van der Waals surface area contributed by atoms with Crippen LogP contribution in [-0.2, 0) is 12.7 Å². The Hall–Kier alpha value is -3.94. The van der Waals surface area contributed by atoms with E-state index in [9.17, 15) is 31.1 Å². The molecule has 3 heterocycles. The molecule has 0 bridgehead atoms. The van der Waals surface area contributed by atoms with Crippen molar-refractivity contribution in [1.29, 1.82) is 0 Å². The van der Waals surface area contributed by atoms with Crippen LogP contribution >= 0.6 is 11.6 Å². The molecular weight excluding hydrogens is 528 g/mol. The summed E-state index contributed by atoms with van der Waals surface area (Å²) in [6.07, 6.45) is -9.08. The van der Waals surface area contributed by atoms with Gasteiger partial charge in [-0.2, -0.15) is 36.1 Å². The number of pyridine rings is 1. The van der Waals surface area contributed by atoms with Crippen molar-refractivity contribution in [3.05, 3.63) is 82.8 Å². The lowest BCUT2D eigenvalue weighted by Gasteiger charge is -2.23. The predicted molar refractivity (Wildman–Crippen MR) is 120 cm³/mol. The lowest BCUT2D eigenvalue weighted by molar-refractivity contribution is -0.138. The first-order chi connectivity index (χ1) is 17.4. The number of halogens is 7. The van der Waals surface area contributed by atoms with Gasteiger partial charge in [-0.3, -0.25) is 4.79 Å². The van der Waals surface area contributed by atoms with E-state index in [1.165, 1.54) is 22.0 Å². The lowest BCUT2D eigenvalue weighted by atomic mass is 10.2. The fraction of sp³-hybridized carbons (Fsp3) is 0.227. The van der Waals surface area contributed by atoms with Gasteiger partial charge in [-0.05, 0) is 36.4 Å². The van der Waals surface area contributed by atoms with E-state index in [4.69, 9.17) is 11.6 Å². The number of hydrazone groups is 1. The molecule has 37 heavy (non-hydrogen) atoms. The Bertz CT molecular complexity index is 1350. The minimum Gasteiger partial charge on any atom is -0.309 e. The summed E-state index contributed by atoms with van der Waals surface area (Å²) in [6, 6.07) is 8.07. The maximum Gasteiger partial charge on any atom is 0.420 e. The van der Waals surface area contributed by atoms with Gasteiger partial charge in [-0.15, -0.1) is 5.10 Å². The summed E-state index contributed by atoms with van der Waals surface area (Å²) in [5.74, 6) is -1.07. The number of rotatable bonds is 7. The molecule has 0 N–H and O–H groups in total. The monoisotopic (exact) mass is 543 g/mol. The van der Waals surface area contributed by atoms with Gasteiger partial charge in [0.15, 0.2) is 29.6 Å². The number of hydrogen-bond acceptors (Lipinski definition) is 7. The van der Waals surface area contributed by atoms with E-state index in [0.717, 1.165) is 18.3 Å². The molecule has 0 amide bonds. The van der Waals surface area contributed by atoms with E-state index in [1.807, 2.05) is 0 Å². The number of benzene rings is 1.